The Morgan fingerprint density at radius 1 is 0.377 bits per heavy atom. The molecule has 21 heteroatoms. The van der Waals surface area contributed by atoms with Gasteiger partial charge >= 0.3 is 71.9 Å². The lowest BCUT2D eigenvalue weighted by Gasteiger charge is -2.44. The third-order valence-corrected chi connectivity index (χ3v) is 42.1. The molecule has 0 radical (unpaired) electrons. The lowest BCUT2D eigenvalue weighted by Crippen LogP contribution is -2.62. The molecule has 0 aromatic carbocycles. The monoisotopic (exact) mass is 904 g/mol. The zero-order valence-electron chi connectivity index (χ0n) is 37.1. The third kappa shape index (κ3) is 25.1. The maximum Gasteiger partial charge on any atom is 0.333 e. The molecule has 0 rings (SSSR count). The Kier molecular flexibility index (Phi) is 20.2. The molecule has 0 aliphatic heterocycles. The predicted molar refractivity (Wildman–Crippen MR) is 236 cm³/mol. The van der Waals surface area contributed by atoms with Gasteiger partial charge in [0.25, 0.3) is 0 Å². The van der Waals surface area contributed by atoms with Crippen LogP contribution in [-0.4, -0.2) is 102 Å². The standard InChI is InChI=1S/C32H76O12Si9/c1-29(2)31(33)35-25-23-27-45(5,6)37-47(9,10)39-49(13,14)41-51(17,18)43-53(21,22)44-52(19,20)42-50(15,16)40-48(11,12)38-46(7,8)28-24-26-36-32(34)30(3)4/h1,3,23-28H2,2,4-22H3. The van der Waals surface area contributed by atoms with E-state index >= 15 is 0 Å². The minimum atomic E-state index is -2.74. The molecule has 0 heterocycles. The second kappa shape index (κ2) is 20.2. The molecular weight excluding hydrogens is 829 g/mol. The molecule has 0 amide bonds. The van der Waals surface area contributed by atoms with Crippen LogP contribution in [0.4, 0.5) is 0 Å². The van der Waals surface area contributed by atoms with Gasteiger partial charge in [-0.2, -0.15) is 0 Å². The first-order valence-electron chi connectivity index (χ1n) is 18.6. The highest BCUT2D eigenvalue weighted by molar-refractivity contribution is 6.93. The largest absolute Gasteiger partial charge is 0.462 e. The van der Waals surface area contributed by atoms with Crippen molar-refractivity contribution in [2.24, 2.45) is 0 Å². The van der Waals surface area contributed by atoms with Crippen molar-refractivity contribution in [2.75, 3.05) is 13.2 Å². The Bertz CT molecular complexity index is 1160. The molecule has 0 spiro atoms. The molecule has 0 aliphatic carbocycles. The zero-order chi connectivity index (χ0) is 42.1. The van der Waals surface area contributed by atoms with E-state index in [1.807, 2.05) is 65.5 Å². The van der Waals surface area contributed by atoms with E-state index in [0.29, 0.717) is 24.4 Å². The van der Waals surface area contributed by atoms with Gasteiger partial charge in [0, 0.05) is 11.1 Å². The van der Waals surface area contributed by atoms with Crippen LogP contribution in [0.5, 0.6) is 0 Å². The van der Waals surface area contributed by atoms with Crippen LogP contribution in [0, 0.1) is 0 Å². The first-order valence-corrected chi connectivity index (χ1v) is 44.5. The summed E-state index contributed by atoms with van der Waals surface area (Å²) in [6.07, 6.45) is 1.46. The van der Waals surface area contributed by atoms with Crippen molar-refractivity contribution >= 4 is 88.5 Å². The van der Waals surface area contributed by atoms with Gasteiger partial charge in [-0.3, -0.25) is 0 Å². The molecule has 0 aliphatic rings. The first-order chi connectivity index (χ1) is 23.3. The summed E-state index contributed by atoms with van der Waals surface area (Å²) in [6, 6.07) is 1.68. The molecule has 0 saturated heterocycles. The molecule has 0 fully saturated rings. The van der Waals surface area contributed by atoms with Crippen molar-refractivity contribution in [3.8, 4) is 0 Å². The first kappa shape index (κ1) is 53.1. The van der Waals surface area contributed by atoms with Gasteiger partial charge in [-0.15, -0.1) is 0 Å². The second-order valence-electron chi connectivity index (χ2n) is 18.2. The maximum atomic E-state index is 11.7. The van der Waals surface area contributed by atoms with Gasteiger partial charge in [0.05, 0.1) is 13.2 Å². The molecule has 0 unspecified atom stereocenters. The smallest absolute Gasteiger partial charge is 0.333 e. The lowest BCUT2D eigenvalue weighted by atomic mass is 10.4. The van der Waals surface area contributed by atoms with Crippen LogP contribution in [0.15, 0.2) is 24.3 Å². The number of rotatable bonds is 26. The molecule has 0 bridgehead atoms. The minimum Gasteiger partial charge on any atom is -0.462 e. The fraction of sp³-hybridized carbons (Fsp3) is 0.812. The SMILES string of the molecule is C=C(C)C(=O)OCCC[Si](C)(C)O[Si](C)(C)O[Si](C)(C)O[Si](C)(C)O[Si](C)(C)O[Si](C)(C)O[Si](C)(C)O[Si](C)(C)O[Si](C)(C)CCCOC(=O)C(=C)C. The Morgan fingerprint density at radius 2 is 0.566 bits per heavy atom. The zero-order valence-corrected chi connectivity index (χ0v) is 46.1. The number of carbonyl (C=O) groups is 2. The van der Waals surface area contributed by atoms with Crippen molar-refractivity contribution < 1.29 is 52.0 Å². The van der Waals surface area contributed by atoms with E-state index in [4.69, 9.17) is 42.4 Å². The average Bonchev–Trinajstić information content (AvgIpc) is 2.82. The molecule has 53 heavy (non-hydrogen) atoms. The van der Waals surface area contributed by atoms with Gasteiger partial charge in [0.2, 0.25) is 0 Å². The van der Waals surface area contributed by atoms with Crippen LogP contribution in [0.25, 0.3) is 0 Å². The number of carbonyl (C=O) groups excluding carboxylic acids is 2. The quantitative estimate of drug-likeness (QED) is 0.0355. The summed E-state index contributed by atoms with van der Waals surface area (Å²) < 4.78 is 64.5. The number of hydrogen-bond donors (Lipinski definition) is 0. The van der Waals surface area contributed by atoms with Gasteiger partial charge in [-0.05, 0) is 157 Å². The average molecular weight is 906 g/mol. The summed E-state index contributed by atoms with van der Waals surface area (Å²) in [5, 5.41) is 0. The fourth-order valence-corrected chi connectivity index (χ4v) is 52.4. The maximum absolute atomic E-state index is 11.7. The van der Waals surface area contributed by atoms with Crippen LogP contribution in [0.1, 0.15) is 26.7 Å². The van der Waals surface area contributed by atoms with Crippen LogP contribution >= 0.6 is 0 Å². The molecular formula is C32H76O12Si9. The molecule has 0 atom stereocenters. The van der Waals surface area contributed by atoms with Crippen molar-refractivity contribution in [2.45, 2.75) is 157 Å². The van der Waals surface area contributed by atoms with E-state index in [0.717, 1.165) is 24.9 Å². The summed E-state index contributed by atoms with van der Waals surface area (Å²) in [5.41, 5.74) is 0.803. The molecule has 0 aromatic rings. The van der Waals surface area contributed by atoms with Crippen LogP contribution in [-0.2, 0) is 52.0 Å². The highest BCUT2D eigenvalue weighted by Crippen LogP contribution is 2.31. The van der Waals surface area contributed by atoms with Gasteiger partial charge < -0.3 is 42.4 Å². The van der Waals surface area contributed by atoms with Crippen LogP contribution in [0.3, 0.4) is 0 Å². The Labute approximate surface area is 333 Å². The topological polar surface area (TPSA) is 126 Å². The normalized spacial score (nSPS) is 14.3. The van der Waals surface area contributed by atoms with E-state index in [1.165, 1.54) is 0 Å². The molecule has 0 saturated carbocycles. The van der Waals surface area contributed by atoms with E-state index in [2.05, 4.69) is 65.5 Å². The Morgan fingerprint density at radius 3 is 0.755 bits per heavy atom. The highest BCUT2D eigenvalue weighted by atomic mass is 28.5. The van der Waals surface area contributed by atoms with Gasteiger partial charge in [0.1, 0.15) is 0 Å². The molecule has 312 valence electrons. The Balaban J connectivity index is 5.32. The second-order valence-corrected chi connectivity index (χ2v) is 52.3. The summed E-state index contributed by atoms with van der Waals surface area (Å²) in [7, 11) is -22.9. The number of hydrogen-bond acceptors (Lipinski definition) is 12. The van der Waals surface area contributed by atoms with E-state index in [-0.39, 0.29) is 11.9 Å². The predicted octanol–water partition coefficient (Wildman–Crippen LogP) is 9.46. The lowest BCUT2D eigenvalue weighted by molar-refractivity contribution is -0.139. The molecule has 0 N–H and O–H groups in total. The van der Waals surface area contributed by atoms with E-state index in [1.54, 1.807) is 13.8 Å². The van der Waals surface area contributed by atoms with Crippen molar-refractivity contribution in [3.05, 3.63) is 24.3 Å². The summed E-state index contributed by atoms with van der Waals surface area (Å²) in [5.74, 6) is -0.723. The Hall–Kier alpha value is 0.0519. The summed E-state index contributed by atoms with van der Waals surface area (Å²) in [6.45, 7) is 48.7. The van der Waals surface area contributed by atoms with E-state index < -0.39 is 76.6 Å². The number of ether oxygens (including phenoxy) is 2. The van der Waals surface area contributed by atoms with Gasteiger partial charge in [0.15, 0.2) is 16.6 Å². The fourth-order valence-electron chi connectivity index (χ4n) is 6.70. The van der Waals surface area contributed by atoms with E-state index in [9.17, 15) is 9.59 Å². The molecule has 12 nitrogen and oxygen atoms in total. The van der Waals surface area contributed by atoms with Crippen LogP contribution < -0.4 is 0 Å². The third-order valence-electron chi connectivity index (χ3n) is 7.00. The van der Waals surface area contributed by atoms with Gasteiger partial charge in [-0.1, -0.05) is 13.2 Å². The summed E-state index contributed by atoms with van der Waals surface area (Å²) >= 11 is 0. The molecule has 0 aromatic heterocycles. The summed E-state index contributed by atoms with van der Waals surface area (Å²) in [4.78, 5) is 23.4. The van der Waals surface area contributed by atoms with Crippen molar-refractivity contribution in [3.63, 3.8) is 0 Å². The van der Waals surface area contributed by atoms with Crippen molar-refractivity contribution in [1.82, 2.24) is 0 Å². The van der Waals surface area contributed by atoms with Crippen molar-refractivity contribution in [1.29, 1.82) is 0 Å². The van der Waals surface area contributed by atoms with Gasteiger partial charge in [-0.25, -0.2) is 9.59 Å². The minimum absolute atomic E-state index is 0.348. The van der Waals surface area contributed by atoms with Crippen LogP contribution in [0.2, 0.25) is 130 Å². The number of esters is 2. The highest BCUT2D eigenvalue weighted by Gasteiger charge is 2.50.